The molecule has 0 aliphatic heterocycles. The number of aromatic nitrogens is 1. The number of nitrogens with one attached hydrogen (secondary N) is 2. The highest BCUT2D eigenvalue weighted by atomic mass is 32.2. The van der Waals surface area contributed by atoms with Crippen LogP contribution in [0.2, 0.25) is 0 Å². The first-order chi connectivity index (χ1) is 13.4. The number of sulfonamides is 1. The number of aromatic amines is 1. The molecule has 0 fully saturated rings. The summed E-state index contributed by atoms with van der Waals surface area (Å²) in [6, 6.07) is 16.4. The van der Waals surface area contributed by atoms with Crippen molar-refractivity contribution in [3.63, 3.8) is 0 Å². The molecule has 28 heavy (non-hydrogen) atoms. The largest absolute Gasteiger partial charge is 0.417 e. The van der Waals surface area contributed by atoms with Crippen LogP contribution >= 0.6 is 11.3 Å². The van der Waals surface area contributed by atoms with E-state index in [1.54, 1.807) is 36.4 Å². The molecule has 2 heterocycles. The molecule has 0 aliphatic carbocycles. The molecule has 0 unspecified atom stereocenters. The Morgan fingerprint density at radius 1 is 1.07 bits per heavy atom. The highest BCUT2D eigenvalue weighted by Gasteiger charge is 2.17. The van der Waals surface area contributed by atoms with E-state index in [0.717, 1.165) is 0 Å². The lowest BCUT2D eigenvalue weighted by molar-refractivity contribution is 0.104. The van der Waals surface area contributed by atoms with Crippen molar-refractivity contribution in [3.05, 3.63) is 86.5 Å². The van der Waals surface area contributed by atoms with Gasteiger partial charge in [-0.1, -0.05) is 30.3 Å². The lowest BCUT2D eigenvalue weighted by Gasteiger charge is -2.05. The first kappa shape index (κ1) is 18.4. The third-order valence-electron chi connectivity index (χ3n) is 4.06. The highest BCUT2D eigenvalue weighted by Crippen LogP contribution is 2.21. The summed E-state index contributed by atoms with van der Waals surface area (Å²) in [6.07, 6.45) is 0. The molecule has 0 atom stereocenters. The van der Waals surface area contributed by atoms with Gasteiger partial charge < -0.3 is 4.42 Å². The Hall–Kier alpha value is -3.01. The number of fused-ring (bicyclic) bond motifs is 1. The number of oxazole rings is 1. The van der Waals surface area contributed by atoms with Crippen molar-refractivity contribution in [1.82, 2.24) is 9.71 Å². The Labute approximate surface area is 163 Å². The number of thiophene rings is 1. The molecule has 9 heteroatoms. The number of carbonyl (C=O) groups excluding carboxylic acids is 1. The van der Waals surface area contributed by atoms with Gasteiger partial charge in [0.1, 0.15) is 0 Å². The summed E-state index contributed by atoms with van der Waals surface area (Å²) in [6.45, 7) is 0.0506. The first-order valence-electron chi connectivity index (χ1n) is 8.23. The van der Waals surface area contributed by atoms with E-state index < -0.39 is 15.8 Å². The summed E-state index contributed by atoms with van der Waals surface area (Å²) in [5.41, 5.74) is 1.17. The number of hydrogen-bond acceptors (Lipinski definition) is 6. The average Bonchev–Trinajstić information content (AvgIpc) is 3.31. The molecule has 0 saturated carbocycles. The molecule has 0 saturated heterocycles. The molecular formula is C19H14N2O5S2. The fraction of sp³-hybridized carbons (Fsp3) is 0.0526. The molecule has 2 aromatic heterocycles. The SMILES string of the molecule is O=C(c1ccccc1)c1ccc(CNS(=O)(=O)c2ccc3oc(=O)[nH]c3c2)s1. The van der Waals surface area contributed by atoms with Crippen LogP contribution in [0.4, 0.5) is 0 Å². The fourth-order valence-corrected chi connectivity index (χ4v) is 4.71. The number of rotatable bonds is 6. The van der Waals surface area contributed by atoms with Crippen molar-refractivity contribution in [1.29, 1.82) is 0 Å². The highest BCUT2D eigenvalue weighted by molar-refractivity contribution is 7.89. The summed E-state index contributed by atoms with van der Waals surface area (Å²) in [7, 11) is -3.80. The van der Waals surface area contributed by atoms with Crippen LogP contribution in [-0.4, -0.2) is 19.2 Å². The van der Waals surface area contributed by atoms with Crippen molar-refractivity contribution in [2.75, 3.05) is 0 Å². The standard InChI is InChI=1S/C19H14N2O5S2/c22-18(12-4-2-1-3-5-12)17-9-6-13(27-17)11-20-28(24,25)14-7-8-16-15(10-14)21-19(23)26-16/h1-10,20H,11H2,(H,21,23). The van der Waals surface area contributed by atoms with E-state index in [1.807, 2.05) is 6.07 Å². The molecule has 2 N–H and O–H groups in total. The summed E-state index contributed by atoms with van der Waals surface area (Å²) in [5, 5.41) is 0. The summed E-state index contributed by atoms with van der Waals surface area (Å²) in [5.74, 6) is -0.749. The van der Waals surface area contributed by atoms with E-state index in [1.165, 1.54) is 29.5 Å². The van der Waals surface area contributed by atoms with Gasteiger partial charge in [-0.25, -0.2) is 17.9 Å². The van der Waals surface area contributed by atoms with Crippen LogP contribution in [0.25, 0.3) is 11.1 Å². The molecule has 0 bridgehead atoms. The zero-order valence-electron chi connectivity index (χ0n) is 14.3. The van der Waals surface area contributed by atoms with E-state index in [2.05, 4.69) is 9.71 Å². The monoisotopic (exact) mass is 414 g/mol. The second-order valence-corrected chi connectivity index (χ2v) is 8.89. The minimum absolute atomic E-state index is 0.00851. The molecule has 0 amide bonds. The minimum Gasteiger partial charge on any atom is -0.408 e. The van der Waals surface area contributed by atoms with E-state index in [-0.39, 0.29) is 22.8 Å². The Bertz CT molecular complexity index is 1320. The third kappa shape index (κ3) is 3.68. The van der Waals surface area contributed by atoms with Crippen LogP contribution in [0, 0.1) is 0 Å². The lowest BCUT2D eigenvalue weighted by atomic mass is 10.1. The molecule has 7 nitrogen and oxygen atoms in total. The van der Waals surface area contributed by atoms with Crippen LogP contribution in [0.15, 0.2) is 74.8 Å². The van der Waals surface area contributed by atoms with Gasteiger partial charge in [-0.15, -0.1) is 11.3 Å². The van der Waals surface area contributed by atoms with E-state index in [4.69, 9.17) is 4.42 Å². The Balaban J connectivity index is 1.49. The van der Waals surface area contributed by atoms with Crippen molar-refractivity contribution in [2.24, 2.45) is 0 Å². The van der Waals surface area contributed by atoms with Gasteiger partial charge in [-0.2, -0.15) is 0 Å². The smallest absolute Gasteiger partial charge is 0.408 e. The fourth-order valence-electron chi connectivity index (χ4n) is 2.67. The molecule has 2 aromatic carbocycles. The van der Waals surface area contributed by atoms with Crippen LogP contribution in [0.1, 0.15) is 20.1 Å². The van der Waals surface area contributed by atoms with Gasteiger partial charge in [-0.3, -0.25) is 9.78 Å². The number of carbonyl (C=O) groups is 1. The predicted octanol–water partition coefficient (Wildman–Crippen LogP) is 2.89. The zero-order chi connectivity index (χ0) is 19.7. The zero-order valence-corrected chi connectivity index (χ0v) is 16.0. The normalized spacial score (nSPS) is 11.7. The average molecular weight is 414 g/mol. The third-order valence-corrected chi connectivity index (χ3v) is 6.54. The molecule has 4 rings (SSSR count). The molecule has 4 aromatic rings. The maximum atomic E-state index is 12.5. The maximum Gasteiger partial charge on any atom is 0.417 e. The Kier molecular flexibility index (Phi) is 4.71. The predicted molar refractivity (Wildman–Crippen MR) is 105 cm³/mol. The summed E-state index contributed by atoms with van der Waals surface area (Å²) >= 11 is 1.24. The van der Waals surface area contributed by atoms with Crippen molar-refractivity contribution < 1.29 is 17.6 Å². The first-order valence-corrected chi connectivity index (χ1v) is 10.5. The van der Waals surface area contributed by atoms with Gasteiger partial charge in [0.15, 0.2) is 5.58 Å². The van der Waals surface area contributed by atoms with Crippen LogP contribution in [0.3, 0.4) is 0 Å². The van der Waals surface area contributed by atoms with Gasteiger partial charge in [-0.05, 0) is 30.3 Å². The van der Waals surface area contributed by atoms with Gasteiger partial charge >= 0.3 is 5.76 Å². The molecule has 0 spiro atoms. The maximum absolute atomic E-state index is 12.5. The number of ketones is 1. The quantitative estimate of drug-likeness (QED) is 0.472. The second-order valence-electron chi connectivity index (χ2n) is 5.96. The summed E-state index contributed by atoms with van der Waals surface area (Å²) in [4.78, 5) is 27.3. The van der Waals surface area contributed by atoms with E-state index >= 15 is 0 Å². The van der Waals surface area contributed by atoms with Crippen LogP contribution in [-0.2, 0) is 16.6 Å². The lowest BCUT2D eigenvalue weighted by Crippen LogP contribution is -2.22. The minimum atomic E-state index is -3.80. The molecule has 0 aliphatic rings. The molecule has 142 valence electrons. The number of benzene rings is 2. The van der Waals surface area contributed by atoms with Crippen LogP contribution in [0.5, 0.6) is 0 Å². The van der Waals surface area contributed by atoms with E-state index in [9.17, 15) is 18.0 Å². The van der Waals surface area contributed by atoms with Gasteiger partial charge in [0, 0.05) is 17.0 Å². The topological polar surface area (TPSA) is 109 Å². The number of H-pyrrole nitrogens is 1. The van der Waals surface area contributed by atoms with Crippen molar-refractivity contribution in [3.8, 4) is 0 Å². The second kappa shape index (κ2) is 7.19. The van der Waals surface area contributed by atoms with Crippen LogP contribution < -0.4 is 10.5 Å². The van der Waals surface area contributed by atoms with Gasteiger partial charge in [0.25, 0.3) is 0 Å². The Morgan fingerprint density at radius 2 is 1.86 bits per heavy atom. The van der Waals surface area contributed by atoms with Gasteiger partial charge in [0.2, 0.25) is 15.8 Å². The van der Waals surface area contributed by atoms with Gasteiger partial charge in [0.05, 0.1) is 15.3 Å². The summed E-state index contributed by atoms with van der Waals surface area (Å²) < 4.78 is 32.4. The Morgan fingerprint density at radius 3 is 2.64 bits per heavy atom. The number of hydrogen-bond donors (Lipinski definition) is 2. The van der Waals surface area contributed by atoms with Crippen molar-refractivity contribution in [2.45, 2.75) is 11.4 Å². The molecular weight excluding hydrogens is 400 g/mol. The molecule has 0 radical (unpaired) electrons. The van der Waals surface area contributed by atoms with Crippen molar-refractivity contribution >= 4 is 38.2 Å². The van der Waals surface area contributed by atoms with E-state index in [0.29, 0.717) is 20.8 Å².